The van der Waals surface area contributed by atoms with Gasteiger partial charge in [0.2, 0.25) is 5.91 Å². The van der Waals surface area contributed by atoms with Gasteiger partial charge in [0.05, 0.1) is 5.69 Å². The molecule has 1 heterocycles. The van der Waals surface area contributed by atoms with E-state index in [1.165, 1.54) is 53.4 Å². The third-order valence-corrected chi connectivity index (χ3v) is 9.53. The highest BCUT2D eigenvalue weighted by molar-refractivity contribution is 8.00. The highest BCUT2D eigenvalue weighted by atomic mass is 35.5. The quantitative estimate of drug-likeness (QED) is 0.0916. The molecule has 0 saturated heterocycles. The topological polar surface area (TPSA) is 100 Å². The Morgan fingerprint density at radius 1 is 0.800 bits per heavy atom. The van der Waals surface area contributed by atoms with Gasteiger partial charge in [0.1, 0.15) is 16.8 Å². The monoisotopic (exact) mass is 718 g/mol. The van der Waals surface area contributed by atoms with E-state index in [1.807, 2.05) is 53.9 Å². The summed E-state index contributed by atoms with van der Waals surface area (Å²) in [5.74, 6) is -1.75. The lowest BCUT2D eigenvalue weighted by Gasteiger charge is -2.17. The van der Waals surface area contributed by atoms with Crippen molar-refractivity contribution >= 4 is 69.3 Å². The van der Waals surface area contributed by atoms with E-state index in [-0.39, 0.29) is 11.6 Å². The predicted molar refractivity (Wildman–Crippen MR) is 200 cm³/mol. The Kier molecular flexibility index (Phi) is 11.1. The molecular formula is C39H28ClFN4O3S2. The number of halogens is 2. The van der Waals surface area contributed by atoms with Crippen LogP contribution in [0.1, 0.15) is 26.7 Å². The molecule has 6 rings (SSSR count). The van der Waals surface area contributed by atoms with Crippen LogP contribution in [0.15, 0.2) is 149 Å². The van der Waals surface area contributed by atoms with Gasteiger partial charge >= 0.3 is 0 Å². The zero-order valence-corrected chi connectivity index (χ0v) is 28.6. The Morgan fingerprint density at radius 3 is 2.22 bits per heavy atom. The van der Waals surface area contributed by atoms with E-state index in [0.717, 1.165) is 16.8 Å². The summed E-state index contributed by atoms with van der Waals surface area (Å²) < 4.78 is 13.6. The molecule has 0 aliphatic carbocycles. The number of thiazole rings is 1. The molecule has 1 atom stereocenters. The molecule has 0 bridgehead atoms. The van der Waals surface area contributed by atoms with Gasteiger partial charge in [-0.15, -0.1) is 23.1 Å². The first kappa shape index (κ1) is 34.3. The Balaban J connectivity index is 1.20. The van der Waals surface area contributed by atoms with Crippen LogP contribution in [0.25, 0.3) is 17.3 Å². The summed E-state index contributed by atoms with van der Waals surface area (Å²) in [6.45, 7) is 0. The summed E-state index contributed by atoms with van der Waals surface area (Å²) in [7, 11) is 0. The molecule has 3 amide bonds. The second kappa shape index (κ2) is 16.2. The fraction of sp³-hybridized carbons (Fsp3) is 0.0256. The smallest absolute Gasteiger partial charge is 0.272 e. The Labute approximate surface area is 301 Å². The van der Waals surface area contributed by atoms with E-state index in [2.05, 4.69) is 20.9 Å². The minimum atomic E-state index is -0.649. The fourth-order valence-corrected chi connectivity index (χ4v) is 6.74. The molecule has 1 aromatic heterocycles. The molecule has 0 aliphatic heterocycles. The number of hydrogen-bond donors (Lipinski definition) is 3. The van der Waals surface area contributed by atoms with Crippen LogP contribution in [0.5, 0.6) is 0 Å². The van der Waals surface area contributed by atoms with Crippen molar-refractivity contribution in [2.24, 2.45) is 0 Å². The molecule has 7 nitrogen and oxygen atoms in total. The highest BCUT2D eigenvalue weighted by Crippen LogP contribution is 2.38. The first-order valence-corrected chi connectivity index (χ1v) is 17.4. The molecular weight excluding hydrogens is 691 g/mol. The van der Waals surface area contributed by atoms with Crippen molar-refractivity contribution in [1.29, 1.82) is 0 Å². The van der Waals surface area contributed by atoms with Gasteiger partial charge in [-0.05, 0) is 71.8 Å². The number of carbonyl (C=O) groups is 3. The number of rotatable bonds is 11. The maximum atomic E-state index is 13.8. The summed E-state index contributed by atoms with van der Waals surface area (Å²) in [5, 5.41) is 10.8. The molecule has 248 valence electrons. The van der Waals surface area contributed by atoms with Gasteiger partial charge in [-0.1, -0.05) is 90.5 Å². The molecule has 0 aliphatic rings. The van der Waals surface area contributed by atoms with E-state index in [4.69, 9.17) is 11.6 Å². The van der Waals surface area contributed by atoms with E-state index in [0.29, 0.717) is 31.9 Å². The lowest BCUT2D eigenvalue weighted by atomic mass is 10.1. The second-order valence-corrected chi connectivity index (χ2v) is 13.3. The fourth-order valence-electron chi connectivity index (χ4n) is 4.81. The van der Waals surface area contributed by atoms with Crippen LogP contribution in [0.2, 0.25) is 5.02 Å². The molecule has 11 heteroatoms. The number of anilines is 2. The zero-order valence-electron chi connectivity index (χ0n) is 26.2. The van der Waals surface area contributed by atoms with E-state index < -0.39 is 22.9 Å². The summed E-state index contributed by atoms with van der Waals surface area (Å²) in [4.78, 5) is 45.7. The molecule has 0 radical (unpaired) electrons. The Bertz CT molecular complexity index is 2140. The van der Waals surface area contributed by atoms with Crippen molar-refractivity contribution in [3.63, 3.8) is 0 Å². The van der Waals surface area contributed by atoms with Gasteiger partial charge in [0.15, 0.2) is 5.13 Å². The molecule has 0 fully saturated rings. The van der Waals surface area contributed by atoms with Crippen LogP contribution in [0, 0.1) is 5.82 Å². The molecule has 6 aromatic rings. The normalized spacial score (nSPS) is 11.8. The number of nitrogens with zero attached hydrogens (tertiary/aromatic N) is 1. The number of carbonyl (C=O) groups excluding carboxylic acids is 3. The van der Waals surface area contributed by atoms with Crippen LogP contribution >= 0.6 is 34.7 Å². The van der Waals surface area contributed by atoms with E-state index in [9.17, 15) is 18.8 Å². The van der Waals surface area contributed by atoms with Crippen molar-refractivity contribution in [3.8, 4) is 11.3 Å². The van der Waals surface area contributed by atoms with Gasteiger partial charge < -0.3 is 16.0 Å². The third-order valence-electron chi connectivity index (χ3n) is 7.27. The third kappa shape index (κ3) is 9.12. The van der Waals surface area contributed by atoms with Crippen molar-refractivity contribution in [2.75, 3.05) is 10.6 Å². The first-order valence-electron chi connectivity index (χ1n) is 15.3. The van der Waals surface area contributed by atoms with Crippen LogP contribution < -0.4 is 16.0 Å². The molecule has 3 N–H and O–H groups in total. The summed E-state index contributed by atoms with van der Waals surface area (Å²) >= 11 is 8.67. The van der Waals surface area contributed by atoms with Crippen LogP contribution in [0.4, 0.5) is 15.2 Å². The summed E-state index contributed by atoms with van der Waals surface area (Å²) in [6.07, 6.45) is 1.47. The molecule has 0 saturated carbocycles. The minimum absolute atomic E-state index is 0.0357. The van der Waals surface area contributed by atoms with Crippen molar-refractivity contribution < 1.29 is 18.8 Å². The molecule has 1 unspecified atom stereocenters. The Hall–Kier alpha value is -5.55. The minimum Gasteiger partial charge on any atom is -0.321 e. The predicted octanol–water partition coefficient (Wildman–Crippen LogP) is 9.48. The summed E-state index contributed by atoms with van der Waals surface area (Å²) in [6, 6.07) is 37.8. The van der Waals surface area contributed by atoms with Crippen LogP contribution in [-0.2, 0) is 9.59 Å². The lowest BCUT2D eigenvalue weighted by Crippen LogP contribution is -2.30. The number of benzene rings is 5. The van der Waals surface area contributed by atoms with Gasteiger partial charge in [-0.3, -0.25) is 14.4 Å². The Morgan fingerprint density at radius 2 is 1.50 bits per heavy atom. The summed E-state index contributed by atoms with van der Waals surface area (Å²) in [5.41, 5.74) is 3.69. The number of aromatic nitrogens is 1. The van der Waals surface area contributed by atoms with Gasteiger partial charge in [-0.25, -0.2) is 9.37 Å². The molecule has 5 aromatic carbocycles. The maximum Gasteiger partial charge on any atom is 0.272 e. The van der Waals surface area contributed by atoms with E-state index >= 15 is 0 Å². The van der Waals surface area contributed by atoms with Gasteiger partial charge in [0, 0.05) is 32.1 Å². The standard InChI is InChI=1S/C39H28ClFN4O3S2/c40-29-18-16-26(17-19-29)34-24-49-39(44-34)45-38(48)35(27-8-3-1-4-9-27)50-32-13-7-12-31(23-32)42-37(47)33(22-25-14-20-30(41)21-15-25)43-36(46)28-10-5-2-6-11-28/h1-24,35H,(H,42,47)(H,43,46)(H,44,45,48)/b33-22-. The number of amides is 3. The zero-order chi connectivity index (χ0) is 34.9. The average Bonchev–Trinajstić information content (AvgIpc) is 3.60. The van der Waals surface area contributed by atoms with Crippen molar-refractivity contribution in [1.82, 2.24) is 10.3 Å². The second-order valence-electron chi connectivity index (χ2n) is 10.9. The van der Waals surface area contributed by atoms with Crippen molar-refractivity contribution in [3.05, 3.63) is 172 Å². The van der Waals surface area contributed by atoms with Gasteiger partial charge in [0.25, 0.3) is 11.8 Å². The maximum absolute atomic E-state index is 13.8. The molecule has 50 heavy (non-hydrogen) atoms. The molecule has 0 spiro atoms. The first-order chi connectivity index (χ1) is 24.3. The largest absolute Gasteiger partial charge is 0.321 e. The number of nitrogens with one attached hydrogen (secondary N) is 3. The number of thioether (sulfide) groups is 1. The average molecular weight is 719 g/mol. The van der Waals surface area contributed by atoms with E-state index in [1.54, 1.807) is 60.7 Å². The lowest BCUT2D eigenvalue weighted by molar-refractivity contribution is -0.116. The highest BCUT2D eigenvalue weighted by Gasteiger charge is 2.24. The van der Waals surface area contributed by atoms with Crippen LogP contribution in [-0.4, -0.2) is 22.7 Å². The van der Waals surface area contributed by atoms with Crippen LogP contribution in [0.3, 0.4) is 0 Å². The van der Waals surface area contributed by atoms with Crippen molar-refractivity contribution in [2.45, 2.75) is 10.1 Å². The van der Waals surface area contributed by atoms with Gasteiger partial charge in [-0.2, -0.15) is 0 Å². The number of hydrogen-bond acceptors (Lipinski definition) is 6. The SMILES string of the molecule is O=C(Nc1cccc(SC(C(=O)Nc2nc(-c3ccc(Cl)cc3)cs2)c2ccccc2)c1)/C(=C/c1ccc(F)cc1)NC(=O)c1ccccc1.